The molecular weight excluding hydrogens is 284 g/mol. The predicted octanol–water partition coefficient (Wildman–Crippen LogP) is 4.74. The molecule has 0 heterocycles. The zero-order valence-electron chi connectivity index (χ0n) is 10.3. The number of rotatable bonds is 5. The lowest BCUT2D eigenvalue weighted by atomic mass is 10.2. The summed E-state index contributed by atoms with van der Waals surface area (Å²) in [6.07, 6.45) is 0. The highest BCUT2D eigenvalue weighted by Crippen LogP contribution is 2.29. The quantitative estimate of drug-likeness (QED) is 0.777. The number of hydrogen-bond donors (Lipinski definition) is 0. The average Bonchev–Trinajstić information content (AvgIpc) is 2.25. The highest BCUT2D eigenvalue weighted by atomic mass is 79.9. The van der Waals surface area contributed by atoms with Gasteiger partial charge in [-0.1, -0.05) is 26.8 Å². The fourth-order valence-corrected chi connectivity index (χ4v) is 2.83. The maximum atomic E-state index is 5.21. The Morgan fingerprint density at radius 3 is 2.50 bits per heavy atom. The summed E-state index contributed by atoms with van der Waals surface area (Å²) in [7, 11) is 1.69. The summed E-state index contributed by atoms with van der Waals surface area (Å²) >= 11 is 5.51. The van der Waals surface area contributed by atoms with E-state index in [0.717, 1.165) is 21.9 Å². The molecule has 3 heteroatoms. The summed E-state index contributed by atoms with van der Waals surface area (Å²) in [5, 5.41) is 0.695. The van der Waals surface area contributed by atoms with Crippen LogP contribution in [0.1, 0.15) is 26.3 Å². The molecule has 0 spiro atoms. The Morgan fingerprint density at radius 1 is 1.31 bits per heavy atom. The van der Waals surface area contributed by atoms with Crippen LogP contribution in [0.5, 0.6) is 5.75 Å². The maximum absolute atomic E-state index is 5.21. The molecule has 0 amide bonds. The van der Waals surface area contributed by atoms with Crippen LogP contribution >= 0.6 is 27.7 Å². The van der Waals surface area contributed by atoms with E-state index in [0.29, 0.717) is 5.25 Å². The van der Waals surface area contributed by atoms with Gasteiger partial charge in [0.25, 0.3) is 0 Å². The summed E-state index contributed by atoms with van der Waals surface area (Å²) in [4.78, 5) is 0. The number of benzene rings is 1. The van der Waals surface area contributed by atoms with E-state index in [-0.39, 0.29) is 0 Å². The van der Waals surface area contributed by atoms with Gasteiger partial charge in [0.1, 0.15) is 5.75 Å². The van der Waals surface area contributed by atoms with E-state index in [2.05, 4.69) is 48.8 Å². The highest BCUT2D eigenvalue weighted by molar-refractivity contribution is 9.10. The number of methoxy groups -OCH3 is 1. The number of ether oxygens (including phenoxy) is 1. The maximum Gasteiger partial charge on any atom is 0.133 e. The van der Waals surface area contributed by atoms with E-state index in [4.69, 9.17) is 4.74 Å². The second kappa shape index (κ2) is 6.55. The molecule has 0 bridgehead atoms. The van der Waals surface area contributed by atoms with Crippen molar-refractivity contribution >= 4 is 27.7 Å². The minimum Gasteiger partial charge on any atom is -0.496 e. The number of halogens is 1. The van der Waals surface area contributed by atoms with E-state index in [9.17, 15) is 0 Å². The third-order valence-corrected chi connectivity index (χ3v) is 4.86. The van der Waals surface area contributed by atoms with Crippen LogP contribution < -0.4 is 4.74 Å². The Balaban J connectivity index is 2.58. The molecule has 0 aromatic heterocycles. The lowest BCUT2D eigenvalue weighted by molar-refractivity contribution is 0.412. The smallest absolute Gasteiger partial charge is 0.133 e. The molecule has 90 valence electrons. The van der Waals surface area contributed by atoms with Crippen LogP contribution in [0.15, 0.2) is 22.7 Å². The molecule has 1 unspecified atom stereocenters. The van der Waals surface area contributed by atoms with E-state index in [1.54, 1.807) is 7.11 Å². The van der Waals surface area contributed by atoms with Gasteiger partial charge in [0.15, 0.2) is 0 Å². The first-order chi connectivity index (χ1) is 7.54. The largest absolute Gasteiger partial charge is 0.496 e. The molecule has 1 aromatic carbocycles. The summed E-state index contributed by atoms with van der Waals surface area (Å²) in [6.45, 7) is 6.82. The molecule has 0 aliphatic rings. The van der Waals surface area contributed by atoms with Gasteiger partial charge in [-0.2, -0.15) is 11.8 Å². The standard InChI is InChI=1S/C13H19BrOS/c1-9(2)10(3)16-8-11-5-6-13(15-4)12(14)7-11/h5-7,9-10H,8H2,1-4H3. The second-order valence-corrected chi connectivity index (χ2v) is 6.45. The van der Waals surface area contributed by atoms with E-state index in [1.165, 1.54) is 5.56 Å². The van der Waals surface area contributed by atoms with Gasteiger partial charge in [0.2, 0.25) is 0 Å². The number of hydrogen-bond acceptors (Lipinski definition) is 2. The first kappa shape index (κ1) is 13.9. The van der Waals surface area contributed by atoms with Crippen molar-refractivity contribution < 1.29 is 4.74 Å². The van der Waals surface area contributed by atoms with Gasteiger partial charge in [-0.15, -0.1) is 0 Å². The van der Waals surface area contributed by atoms with Crippen molar-refractivity contribution in [1.29, 1.82) is 0 Å². The zero-order chi connectivity index (χ0) is 12.1. The third-order valence-electron chi connectivity index (χ3n) is 2.67. The molecule has 1 aromatic rings. The molecule has 0 fully saturated rings. The van der Waals surface area contributed by atoms with Gasteiger partial charge in [0.05, 0.1) is 11.6 Å². The van der Waals surface area contributed by atoms with Crippen molar-refractivity contribution in [2.45, 2.75) is 31.8 Å². The summed E-state index contributed by atoms with van der Waals surface area (Å²) < 4.78 is 6.24. The number of thioether (sulfide) groups is 1. The summed E-state index contributed by atoms with van der Waals surface area (Å²) in [5.41, 5.74) is 1.34. The minimum atomic E-state index is 0.695. The monoisotopic (exact) mass is 302 g/mol. The lowest BCUT2D eigenvalue weighted by Crippen LogP contribution is -2.05. The van der Waals surface area contributed by atoms with Crippen LogP contribution in [0.3, 0.4) is 0 Å². The van der Waals surface area contributed by atoms with Crippen LogP contribution in [-0.2, 0) is 5.75 Å². The predicted molar refractivity (Wildman–Crippen MR) is 76.3 cm³/mol. The molecule has 1 nitrogen and oxygen atoms in total. The van der Waals surface area contributed by atoms with Gasteiger partial charge in [-0.05, 0) is 39.5 Å². The van der Waals surface area contributed by atoms with Gasteiger partial charge in [-0.25, -0.2) is 0 Å². The molecule has 0 N–H and O–H groups in total. The molecule has 0 saturated carbocycles. The molecule has 16 heavy (non-hydrogen) atoms. The van der Waals surface area contributed by atoms with Crippen molar-refractivity contribution in [1.82, 2.24) is 0 Å². The molecular formula is C13H19BrOS. The second-order valence-electron chi connectivity index (χ2n) is 4.23. The lowest BCUT2D eigenvalue weighted by Gasteiger charge is -2.15. The molecule has 0 aliphatic carbocycles. The summed E-state index contributed by atoms with van der Waals surface area (Å²) in [5.74, 6) is 2.68. The highest BCUT2D eigenvalue weighted by Gasteiger charge is 2.08. The topological polar surface area (TPSA) is 9.23 Å². The first-order valence-electron chi connectivity index (χ1n) is 5.48. The molecule has 1 rings (SSSR count). The van der Waals surface area contributed by atoms with Crippen molar-refractivity contribution in [2.24, 2.45) is 5.92 Å². The Hall–Kier alpha value is -0.150. The van der Waals surface area contributed by atoms with Gasteiger partial charge in [0, 0.05) is 11.0 Å². The minimum absolute atomic E-state index is 0.695. The molecule has 0 aliphatic heterocycles. The van der Waals surface area contributed by atoms with Crippen LogP contribution in [-0.4, -0.2) is 12.4 Å². The normalized spacial score (nSPS) is 12.9. The summed E-state index contributed by atoms with van der Waals surface area (Å²) in [6, 6.07) is 6.28. The van der Waals surface area contributed by atoms with Crippen LogP contribution in [0.4, 0.5) is 0 Å². The fourth-order valence-electron chi connectivity index (χ4n) is 1.22. The third kappa shape index (κ3) is 4.02. The van der Waals surface area contributed by atoms with Gasteiger partial charge >= 0.3 is 0 Å². The van der Waals surface area contributed by atoms with Gasteiger partial charge < -0.3 is 4.74 Å². The SMILES string of the molecule is COc1ccc(CSC(C)C(C)C)cc1Br. The zero-order valence-corrected chi connectivity index (χ0v) is 12.7. The molecule has 1 atom stereocenters. The van der Waals surface area contributed by atoms with Gasteiger partial charge in [-0.3, -0.25) is 0 Å². The van der Waals surface area contributed by atoms with Crippen LogP contribution in [0, 0.1) is 5.92 Å². The van der Waals surface area contributed by atoms with E-state index >= 15 is 0 Å². The van der Waals surface area contributed by atoms with Crippen LogP contribution in [0.25, 0.3) is 0 Å². The van der Waals surface area contributed by atoms with Crippen molar-refractivity contribution in [3.63, 3.8) is 0 Å². The van der Waals surface area contributed by atoms with Crippen molar-refractivity contribution in [3.8, 4) is 5.75 Å². The Morgan fingerprint density at radius 2 is 2.00 bits per heavy atom. The fraction of sp³-hybridized carbons (Fsp3) is 0.538. The Labute approximate surface area is 111 Å². The van der Waals surface area contributed by atoms with E-state index < -0.39 is 0 Å². The van der Waals surface area contributed by atoms with Crippen LogP contribution in [0.2, 0.25) is 0 Å². The van der Waals surface area contributed by atoms with Crippen molar-refractivity contribution in [2.75, 3.05) is 7.11 Å². The average molecular weight is 303 g/mol. The van der Waals surface area contributed by atoms with Crippen molar-refractivity contribution in [3.05, 3.63) is 28.2 Å². The Kier molecular flexibility index (Phi) is 5.70. The first-order valence-corrected chi connectivity index (χ1v) is 7.32. The van der Waals surface area contributed by atoms with E-state index in [1.807, 2.05) is 17.8 Å². The Bertz CT molecular complexity index is 339. The molecule has 0 radical (unpaired) electrons. The molecule has 0 saturated heterocycles.